The van der Waals surface area contributed by atoms with Crippen LogP contribution in [0.3, 0.4) is 0 Å². The molecule has 5 rings (SSSR count). The van der Waals surface area contributed by atoms with E-state index in [1.165, 1.54) is 37.7 Å². The van der Waals surface area contributed by atoms with E-state index >= 15 is 0 Å². The smallest absolute Gasteiger partial charge is 0.123 e. The molecule has 0 N–H and O–H groups in total. The second-order valence-electron chi connectivity index (χ2n) is 6.93. The van der Waals surface area contributed by atoms with Crippen molar-refractivity contribution < 1.29 is 9.13 Å². The van der Waals surface area contributed by atoms with E-state index in [1.54, 1.807) is 12.1 Å². The molecule has 0 saturated heterocycles. The van der Waals surface area contributed by atoms with Gasteiger partial charge in [0.15, 0.2) is 0 Å². The molecule has 2 heteroatoms. The average Bonchev–Trinajstić information content (AvgIpc) is 2.40. The van der Waals surface area contributed by atoms with E-state index in [0.717, 1.165) is 17.8 Å². The van der Waals surface area contributed by atoms with Gasteiger partial charge in [-0.1, -0.05) is 12.1 Å². The Morgan fingerprint density at radius 2 is 1.68 bits per heavy atom. The summed E-state index contributed by atoms with van der Waals surface area (Å²) in [6, 6.07) is 7.24. The number of methoxy groups -OCH3 is 1. The van der Waals surface area contributed by atoms with Gasteiger partial charge in [-0.25, -0.2) is 4.39 Å². The van der Waals surface area contributed by atoms with Crippen LogP contribution in [0.4, 0.5) is 4.39 Å². The van der Waals surface area contributed by atoms with E-state index in [1.807, 2.05) is 19.2 Å². The van der Waals surface area contributed by atoms with Crippen LogP contribution in [0.25, 0.3) is 0 Å². The Labute approximate surface area is 114 Å². The molecule has 4 fully saturated rings. The van der Waals surface area contributed by atoms with Crippen molar-refractivity contribution in [1.29, 1.82) is 0 Å². The van der Waals surface area contributed by atoms with E-state index in [9.17, 15) is 4.39 Å². The summed E-state index contributed by atoms with van der Waals surface area (Å²) in [4.78, 5) is 0. The van der Waals surface area contributed by atoms with Gasteiger partial charge in [-0.15, -0.1) is 0 Å². The Hall–Kier alpha value is -0.890. The number of rotatable bonds is 2. The minimum atomic E-state index is -0.124. The fourth-order valence-electron chi connectivity index (χ4n) is 5.43. The summed E-state index contributed by atoms with van der Waals surface area (Å²) in [5.74, 6) is 2.88. The Morgan fingerprint density at radius 1 is 1.05 bits per heavy atom. The van der Waals surface area contributed by atoms with Crippen molar-refractivity contribution in [2.45, 2.75) is 43.6 Å². The molecule has 0 aromatic heterocycles. The molecule has 1 aromatic rings. The lowest BCUT2D eigenvalue weighted by molar-refractivity contribution is -0.154. The Bertz CT molecular complexity index is 465. The zero-order valence-corrected chi connectivity index (χ0v) is 11.4. The van der Waals surface area contributed by atoms with Gasteiger partial charge in [-0.3, -0.25) is 0 Å². The van der Waals surface area contributed by atoms with Crippen molar-refractivity contribution in [3.8, 4) is 0 Å². The lowest BCUT2D eigenvalue weighted by atomic mass is 9.49. The highest BCUT2D eigenvalue weighted by atomic mass is 19.1. The predicted molar refractivity (Wildman–Crippen MR) is 72.4 cm³/mol. The van der Waals surface area contributed by atoms with Gasteiger partial charge in [0.25, 0.3) is 0 Å². The van der Waals surface area contributed by atoms with E-state index in [2.05, 4.69) is 0 Å². The molecule has 4 bridgehead atoms. The first-order valence-corrected chi connectivity index (χ1v) is 7.50. The second-order valence-corrected chi connectivity index (χ2v) is 6.93. The summed E-state index contributed by atoms with van der Waals surface area (Å²) in [5.41, 5.74) is 1.52. The van der Waals surface area contributed by atoms with Gasteiger partial charge in [0.05, 0.1) is 5.60 Å². The zero-order valence-electron chi connectivity index (χ0n) is 11.4. The Balaban J connectivity index is 1.67. The predicted octanol–water partition coefficient (Wildman–Crippen LogP) is 4.13. The van der Waals surface area contributed by atoms with E-state index < -0.39 is 0 Å². The van der Waals surface area contributed by atoms with Crippen molar-refractivity contribution in [2.75, 3.05) is 7.11 Å². The standard InChI is InChI=1S/C17H21FO/c1-19-17-8-11-6-13(9-17)16(14(7-11)10-17)12-2-4-15(18)5-3-12/h2-5,11,13-14,16H,6-10H2,1H3/t11?,13?,14?,16-,17-. The fraction of sp³-hybridized carbons (Fsp3) is 0.647. The van der Waals surface area contributed by atoms with E-state index in [0.29, 0.717) is 5.92 Å². The molecule has 0 heterocycles. The topological polar surface area (TPSA) is 9.23 Å². The fourth-order valence-corrected chi connectivity index (χ4v) is 5.43. The van der Waals surface area contributed by atoms with Crippen LogP contribution < -0.4 is 0 Å². The van der Waals surface area contributed by atoms with Crippen LogP contribution in [0, 0.1) is 23.6 Å². The summed E-state index contributed by atoms with van der Waals surface area (Å²) in [7, 11) is 1.89. The van der Waals surface area contributed by atoms with Crippen molar-refractivity contribution in [1.82, 2.24) is 0 Å². The third-order valence-corrected chi connectivity index (χ3v) is 5.90. The minimum Gasteiger partial charge on any atom is -0.378 e. The molecule has 4 aliphatic carbocycles. The van der Waals surface area contributed by atoms with Crippen molar-refractivity contribution in [3.05, 3.63) is 35.6 Å². The third-order valence-electron chi connectivity index (χ3n) is 5.90. The van der Waals surface area contributed by atoms with Crippen LogP contribution in [0.1, 0.15) is 43.6 Å². The monoisotopic (exact) mass is 260 g/mol. The lowest BCUT2D eigenvalue weighted by Gasteiger charge is -2.59. The van der Waals surface area contributed by atoms with Crippen molar-refractivity contribution >= 4 is 0 Å². The van der Waals surface area contributed by atoms with Gasteiger partial charge in [0.1, 0.15) is 5.82 Å². The first kappa shape index (κ1) is 11.9. The zero-order chi connectivity index (χ0) is 13.0. The van der Waals surface area contributed by atoms with Crippen LogP contribution in [0.5, 0.6) is 0 Å². The molecule has 0 spiro atoms. The molecule has 2 atom stereocenters. The molecule has 0 amide bonds. The molecule has 0 radical (unpaired) electrons. The molecule has 102 valence electrons. The van der Waals surface area contributed by atoms with Gasteiger partial charge in [0.2, 0.25) is 0 Å². The highest BCUT2D eigenvalue weighted by molar-refractivity contribution is 5.26. The average molecular weight is 260 g/mol. The second kappa shape index (κ2) is 4.05. The maximum Gasteiger partial charge on any atom is 0.123 e. The molecule has 2 unspecified atom stereocenters. The van der Waals surface area contributed by atoms with Gasteiger partial charge in [-0.2, -0.15) is 0 Å². The van der Waals surface area contributed by atoms with Crippen LogP contribution >= 0.6 is 0 Å². The normalized spacial score (nSPS) is 43.7. The first-order valence-electron chi connectivity index (χ1n) is 7.50. The van der Waals surface area contributed by atoms with E-state index in [4.69, 9.17) is 4.74 Å². The number of halogens is 1. The first-order chi connectivity index (χ1) is 9.19. The summed E-state index contributed by atoms with van der Waals surface area (Å²) in [6.07, 6.45) is 6.39. The van der Waals surface area contributed by atoms with Crippen LogP contribution in [-0.4, -0.2) is 12.7 Å². The molecule has 4 saturated carbocycles. The highest BCUT2D eigenvalue weighted by Gasteiger charge is 2.55. The molecule has 19 heavy (non-hydrogen) atoms. The number of ether oxygens (including phenoxy) is 1. The van der Waals surface area contributed by atoms with Crippen LogP contribution in [0.15, 0.2) is 24.3 Å². The molecular weight excluding hydrogens is 239 g/mol. The van der Waals surface area contributed by atoms with Crippen molar-refractivity contribution in [3.63, 3.8) is 0 Å². The molecular formula is C17H21FO. The molecule has 4 aliphatic rings. The molecule has 1 nitrogen and oxygen atoms in total. The van der Waals surface area contributed by atoms with Crippen LogP contribution in [0.2, 0.25) is 0 Å². The minimum absolute atomic E-state index is 0.124. The third kappa shape index (κ3) is 1.76. The molecule has 1 aromatic carbocycles. The Kier molecular flexibility index (Phi) is 2.54. The van der Waals surface area contributed by atoms with Gasteiger partial charge < -0.3 is 4.74 Å². The maximum atomic E-state index is 13.1. The van der Waals surface area contributed by atoms with Crippen molar-refractivity contribution in [2.24, 2.45) is 17.8 Å². The largest absolute Gasteiger partial charge is 0.378 e. The summed E-state index contributed by atoms with van der Waals surface area (Å²) < 4.78 is 19.0. The SMILES string of the molecule is CO[C@]12CC3CC(C1)[C@@H](c1ccc(F)cc1)C(C3)C2. The van der Waals surface area contributed by atoms with Gasteiger partial charge >= 0.3 is 0 Å². The van der Waals surface area contributed by atoms with Gasteiger partial charge in [0, 0.05) is 7.11 Å². The lowest BCUT2D eigenvalue weighted by Crippen LogP contribution is -2.54. The quantitative estimate of drug-likeness (QED) is 0.776. The van der Waals surface area contributed by atoms with Crippen LogP contribution in [-0.2, 0) is 4.74 Å². The molecule has 0 aliphatic heterocycles. The highest BCUT2D eigenvalue weighted by Crippen LogP contribution is 2.62. The maximum absolute atomic E-state index is 13.1. The summed E-state index contributed by atoms with van der Waals surface area (Å²) in [5, 5.41) is 0. The Morgan fingerprint density at radius 3 is 2.26 bits per heavy atom. The van der Waals surface area contributed by atoms with E-state index in [-0.39, 0.29) is 11.4 Å². The number of benzene rings is 1. The number of hydrogen-bond donors (Lipinski definition) is 0. The summed E-state index contributed by atoms with van der Waals surface area (Å²) >= 11 is 0. The number of hydrogen-bond acceptors (Lipinski definition) is 1. The summed E-state index contributed by atoms with van der Waals surface area (Å²) in [6.45, 7) is 0. The van der Waals surface area contributed by atoms with Gasteiger partial charge in [-0.05, 0) is 73.5 Å².